The molecule has 1 heterocycles. The van der Waals surface area contributed by atoms with Crippen LogP contribution >= 0.6 is 0 Å². The molecule has 0 amide bonds. The Morgan fingerprint density at radius 3 is 1.58 bits per heavy atom. The Balaban J connectivity index is 0.000000217. The van der Waals surface area contributed by atoms with Gasteiger partial charge in [0, 0.05) is 0 Å². The fourth-order valence-corrected chi connectivity index (χ4v) is 2.57. The Hall–Kier alpha value is 0.480. The van der Waals surface area contributed by atoms with Gasteiger partial charge in [0.15, 0.2) is 0 Å². The number of rotatable bonds is 0. The van der Waals surface area contributed by atoms with Crippen LogP contribution in [0.4, 0.5) is 0 Å². The summed E-state index contributed by atoms with van der Waals surface area (Å²) in [6.07, 6.45) is 6.88. The molecule has 0 bridgehead atoms. The molecule has 12 heavy (non-hydrogen) atoms. The Kier molecular flexibility index (Phi) is 6.25. The standard InChI is InChI=1S/C6H13S.ClH3O4/c1-7-5-3-2-4-6-7;2-1(3,4)5/h2-6H2,1H3;2-4H/q+1;. The summed E-state index contributed by atoms with van der Waals surface area (Å²) in [7, 11) is -3.38. The van der Waals surface area contributed by atoms with Gasteiger partial charge in [0.05, 0.1) is 6.26 Å². The van der Waals surface area contributed by atoms with Gasteiger partial charge in [-0.1, -0.05) is 0 Å². The predicted molar refractivity (Wildman–Crippen MR) is 43.5 cm³/mol. The molecule has 76 valence electrons. The van der Waals surface area contributed by atoms with Gasteiger partial charge >= 0.3 is 28.9 Å². The molecule has 3 N–H and O–H groups in total. The van der Waals surface area contributed by atoms with Gasteiger partial charge in [0.1, 0.15) is 11.5 Å². The molecule has 1 aliphatic rings. The molecular formula is C6H16ClO4S+. The normalized spacial score (nSPS) is 21.1. The zero-order chi connectivity index (χ0) is 9.61. The van der Waals surface area contributed by atoms with Crippen LogP contribution in [0.1, 0.15) is 19.3 Å². The summed E-state index contributed by atoms with van der Waals surface area (Å²) in [5.74, 6) is 3.03. The van der Waals surface area contributed by atoms with Crippen molar-refractivity contribution in [3.63, 3.8) is 0 Å². The molecule has 0 aliphatic carbocycles. The van der Waals surface area contributed by atoms with Crippen molar-refractivity contribution in [2.24, 2.45) is 0 Å². The van der Waals surface area contributed by atoms with Crippen molar-refractivity contribution in [2.75, 3.05) is 17.8 Å². The fraction of sp³-hybridized carbons (Fsp3) is 1.00. The third-order valence-electron chi connectivity index (χ3n) is 1.49. The molecule has 0 aromatic carbocycles. The van der Waals surface area contributed by atoms with Gasteiger partial charge in [0.25, 0.3) is 0 Å². The van der Waals surface area contributed by atoms with E-state index in [2.05, 4.69) is 6.26 Å². The molecule has 0 saturated carbocycles. The van der Waals surface area contributed by atoms with Gasteiger partial charge in [0.2, 0.25) is 0 Å². The van der Waals surface area contributed by atoms with Gasteiger partial charge < -0.3 is 0 Å². The van der Waals surface area contributed by atoms with Crippen LogP contribution in [0, 0.1) is 10.2 Å². The van der Waals surface area contributed by atoms with E-state index in [-0.39, 0.29) is 0 Å². The molecule has 0 radical (unpaired) electrons. The maximum atomic E-state index is 8.83. The minimum atomic E-state index is -4.19. The van der Waals surface area contributed by atoms with Crippen molar-refractivity contribution in [3.8, 4) is 0 Å². The van der Waals surface area contributed by atoms with Crippen LogP contribution < -0.4 is 4.66 Å². The van der Waals surface area contributed by atoms with Gasteiger partial charge in [-0.3, -0.25) is 0 Å². The monoisotopic (exact) mass is 219 g/mol. The molecule has 1 aliphatic heterocycles. The average molecular weight is 220 g/mol. The third-order valence-corrected chi connectivity index (χ3v) is 3.46. The zero-order valence-corrected chi connectivity index (χ0v) is 8.64. The SMILES string of the molecule is C[S+]1CCCCC1.[O-][Cl+](O)(O)O. The van der Waals surface area contributed by atoms with E-state index >= 15 is 0 Å². The summed E-state index contributed by atoms with van der Waals surface area (Å²) in [4.78, 5) is 0. The van der Waals surface area contributed by atoms with Crippen LogP contribution in [0.3, 0.4) is 0 Å². The van der Waals surface area contributed by atoms with Gasteiger partial charge in [-0.2, -0.15) is 0 Å². The number of hydrogen-bond donors (Lipinski definition) is 3. The minimum absolute atomic E-state index is 0.810. The second kappa shape index (κ2) is 6.01. The van der Waals surface area contributed by atoms with Crippen LogP contribution in [0.2, 0.25) is 0 Å². The van der Waals surface area contributed by atoms with Crippen molar-refractivity contribution in [1.82, 2.24) is 0 Å². The average Bonchev–Trinajstić information content (AvgIpc) is 1.85. The van der Waals surface area contributed by atoms with Crippen molar-refractivity contribution in [3.05, 3.63) is 0 Å². The van der Waals surface area contributed by atoms with Gasteiger partial charge in [-0.15, -0.1) is 0 Å². The van der Waals surface area contributed by atoms with E-state index in [9.17, 15) is 0 Å². The first kappa shape index (κ1) is 12.5. The number of halogens is 1. The predicted octanol–water partition coefficient (Wildman–Crippen LogP) is -1.44. The van der Waals surface area contributed by atoms with Crippen molar-refractivity contribution in [2.45, 2.75) is 19.3 Å². The van der Waals surface area contributed by atoms with E-state index in [1.807, 2.05) is 0 Å². The Bertz CT molecular complexity index is 105. The molecule has 1 fully saturated rings. The summed E-state index contributed by atoms with van der Waals surface area (Å²) >= 11 is 0. The quantitative estimate of drug-likeness (QED) is 0.436. The molecular weight excluding hydrogens is 204 g/mol. The van der Waals surface area contributed by atoms with Crippen LogP contribution in [-0.2, 0) is 10.9 Å². The van der Waals surface area contributed by atoms with Crippen LogP contribution in [0.15, 0.2) is 0 Å². The molecule has 0 unspecified atom stereocenters. The van der Waals surface area contributed by atoms with E-state index in [1.54, 1.807) is 0 Å². The summed E-state index contributed by atoms with van der Waals surface area (Å²) in [6.45, 7) is 0. The topological polar surface area (TPSA) is 83.8 Å². The Morgan fingerprint density at radius 2 is 1.42 bits per heavy atom. The van der Waals surface area contributed by atoms with E-state index in [0.29, 0.717) is 0 Å². The summed E-state index contributed by atoms with van der Waals surface area (Å²) in [6, 6.07) is 0. The van der Waals surface area contributed by atoms with Crippen molar-refractivity contribution in [1.29, 1.82) is 0 Å². The zero-order valence-electron chi connectivity index (χ0n) is 7.07. The third kappa shape index (κ3) is 13.1. The Labute approximate surface area is 77.3 Å². The first-order valence-electron chi connectivity index (χ1n) is 3.65. The molecule has 0 aromatic rings. The summed E-state index contributed by atoms with van der Waals surface area (Å²) < 4.78 is 30.2. The summed E-state index contributed by atoms with van der Waals surface area (Å²) in [5, 5.41) is 0. The Morgan fingerprint density at radius 1 is 1.08 bits per heavy atom. The molecule has 0 spiro atoms. The van der Waals surface area contributed by atoms with Gasteiger partial charge in [-0.05, 0) is 30.2 Å². The maximum absolute atomic E-state index is 8.83. The molecule has 0 atom stereocenters. The molecule has 4 nitrogen and oxygen atoms in total. The van der Waals surface area contributed by atoms with Crippen molar-refractivity contribution >= 4 is 10.9 Å². The molecule has 1 rings (SSSR count). The summed E-state index contributed by atoms with van der Waals surface area (Å²) in [5.41, 5.74) is 0. The van der Waals surface area contributed by atoms with E-state index in [1.165, 1.54) is 30.8 Å². The number of hydrogen-bond acceptors (Lipinski definition) is 4. The van der Waals surface area contributed by atoms with Crippen molar-refractivity contribution < 1.29 is 28.9 Å². The van der Waals surface area contributed by atoms with Gasteiger partial charge in [-0.25, -0.2) is 0 Å². The molecule has 1 saturated heterocycles. The van der Waals surface area contributed by atoms with E-state index < -0.39 is 10.2 Å². The second-order valence-electron chi connectivity index (χ2n) is 2.68. The van der Waals surface area contributed by atoms with Crippen LogP contribution in [0.25, 0.3) is 0 Å². The van der Waals surface area contributed by atoms with E-state index in [0.717, 1.165) is 10.9 Å². The molecule has 0 aromatic heterocycles. The first-order valence-corrected chi connectivity index (χ1v) is 6.94. The second-order valence-corrected chi connectivity index (χ2v) is 5.93. The molecule has 6 heteroatoms. The van der Waals surface area contributed by atoms with Crippen LogP contribution in [0.5, 0.6) is 0 Å². The van der Waals surface area contributed by atoms with E-state index in [4.69, 9.17) is 18.6 Å². The fourth-order valence-electron chi connectivity index (χ4n) is 0.976. The van der Waals surface area contributed by atoms with Crippen LogP contribution in [-0.4, -0.2) is 31.7 Å². The first-order chi connectivity index (χ1) is 5.39.